The summed E-state index contributed by atoms with van der Waals surface area (Å²) in [6, 6.07) is -0.465. The van der Waals surface area contributed by atoms with Crippen molar-refractivity contribution in [1.29, 1.82) is 0 Å². The molecule has 0 saturated heterocycles. The zero-order valence-electron chi connectivity index (χ0n) is 10.3. The minimum atomic E-state index is -4.10. The topological polar surface area (TPSA) is 32.3 Å². The van der Waals surface area contributed by atoms with E-state index >= 15 is 0 Å². The van der Waals surface area contributed by atoms with E-state index in [1.54, 1.807) is 0 Å². The van der Waals surface area contributed by atoms with Gasteiger partial charge in [-0.1, -0.05) is 19.8 Å². The maximum atomic E-state index is 12.8. The van der Waals surface area contributed by atoms with Crippen LogP contribution >= 0.6 is 0 Å². The van der Waals surface area contributed by atoms with Crippen molar-refractivity contribution in [2.45, 2.75) is 63.8 Å². The van der Waals surface area contributed by atoms with Crippen LogP contribution in [0.25, 0.3) is 0 Å². The Balaban J connectivity index is 2.38. The third-order valence-corrected chi connectivity index (χ3v) is 3.54. The molecule has 0 aromatic carbocycles. The van der Waals surface area contributed by atoms with Gasteiger partial charge in [-0.25, -0.2) is 0 Å². The van der Waals surface area contributed by atoms with Gasteiger partial charge in [0, 0.05) is 6.04 Å². The van der Waals surface area contributed by atoms with Crippen molar-refractivity contribution in [2.24, 2.45) is 5.92 Å². The summed E-state index contributed by atoms with van der Waals surface area (Å²) in [5, 5.41) is 12.3. The first-order valence-electron chi connectivity index (χ1n) is 6.43. The van der Waals surface area contributed by atoms with Gasteiger partial charge in [0.05, 0.1) is 12.0 Å². The van der Waals surface area contributed by atoms with Crippen LogP contribution in [0.4, 0.5) is 13.2 Å². The van der Waals surface area contributed by atoms with Gasteiger partial charge in [0.15, 0.2) is 0 Å². The molecule has 0 radical (unpaired) electrons. The van der Waals surface area contributed by atoms with Crippen LogP contribution in [0.3, 0.4) is 0 Å². The summed E-state index contributed by atoms with van der Waals surface area (Å²) < 4.78 is 38.3. The summed E-state index contributed by atoms with van der Waals surface area (Å²) in [6.07, 6.45) is -0.978. The molecule has 3 atom stereocenters. The SMILES string of the molecule is CCC(O)CCNC1CCCCC1C(F)(F)F. The van der Waals surface area contributed by atoms with Crippen molar-refractivity contribution in [2.75, 3.05) is 6.54 Å². The molecule has 1 fully saturated rings. The molecule has 1 aliphatic rings. The van der Waals surface area contributed by atoms with Crippen LogP contribution in [0, 0.1) is 5.92 Å². The second-order valence-corrected chi connectivity index (χ2v) is 4.84. The Hall–Kier alpha value is -0.290. The van der Waals surface area contributed by atoms with Gasteiger partial charge in [0.25, 0.3) is 0 Å². The standard InChI is InChI=1S/C12H22F3NO/c1-2-9(17)7-8-16-11-6-4-3-5-10(11)12(13,14)15/h9-11,16-17H,2-8H2,1H3. The highest BCUT2D eigenvalue weighted by Gasteiger charge is 2.45. The second-order valence-electron chi connectivity index (χ2n) is 4.84. The van der Waals surface area contributed by atoms with E-state index in [1.807, 2.05) is 6.92 Å². The molecular formula is C12H22F3NO. The molecule has 0 aromatic heterocycles. The number of rotatable bonds is 5. The van der Waals surface area contributed by atoms with E-state index < -0.39 is 24.2 Å². The molecule has 0 aliphatic heterocycles. The average Bonchev–Trinajstić information content (AvgIpc) is 2.28. The normalized spacial score (nSPS) is 28.1. The van der Waals surface area contributed by atoms with Crippen LogP contribution < -0.4 is 5.32 Å². The lowest BCUT2D eigenvalue weighted by Crippen LogP contribution is -2.46. The largest absolute Gasteiger partial charge is 0.393 e. The Bertz CT molecular complexity index is 220. The van der Waals surface area contributed by atoms with Crippen molar-refractivity contribution < 1.29 is 18.3 Å². The highest BCUT2D eigenvalue weighted by molar-refractivity contribution is 4.85. The molecule has 3 unspecified atom stereocenters. The first-order chi connectivity index (χ1) is 7.95. The molecule has 2 nitrogen and oxygen atoms in total. The third kappa shape index (κ3) is 4.84. The summed E-state index contributed by atoms with van der Waals surface area (Å²) >= 11 is 0. The van der Waals surface area contributed by atoms with Gasteiger partial charge in [-0.05, 0) is 32.2 Å². The summed E-state index contributed by atoms with van der Waals surface area (Å²) in [4.78, 5) is 0. The summed E-state index contributed by atoms with van der Waals surface area (Å²) in [5.74, 6) is -1.21. The Kier molecular flexibility index (Phi) is 5.73. The Morgan fingerprint density at radius 2 is 1.94 bits per heavy atom. The van der Waals surface area contributed by atoms with Crippen LogP contribution in [0.2, 0.25) is 0 Å². The fourth-order valence-corrected chi connectivity index (χ4v) is 2.41. The molecule has 0 bridgehead atoms. The first kappa shape index (κ1) is 14.8. The van der Waals surface area contributed by atoms with Crippen molar-refractivity contribution >= 4 is 0 Å². The van der Waals surface area contributed by atoms with Gasteiger partial charge in [0.1, 0.15) is 0 Å². The number of aliphatic hydroxyl groups is 1. The fraction of sp³-hybridized carbons (Fsp3) is 1.00. The van der Waals surface area contributed by atoms with Crippen LogP contribution in [0.15, 0.2) is 0 Å². The van der Waals surface area contributed by atoms with Crippen LogP contribution in [-0.4, -0.2) is 30.0 Å². The Labute approximate surface area is 101 Å². The van der Waals surface area contributed by atoms with Gasteiger partial charge in [-0.2, -0.15) is 13.2 Å². The van der Waals surface area contributed by atoms with Gasteiger partial charge in [-0.3, -0.25) is 0 Å². The van der Waals surface area contributed by atoms with Crippen molar-refractivity contribution in [1.82, 2.24) is 5.32 Å². The predicted molar refractivity (Wildman–Crippen MR) is 60.7 cm³/mol. The fourth-order valence-electron chi connectivity index (χ4n) is 2.41. The summed E-state index contributed by atoms with van der Waals surface area (Å²) in [5.41, 5.74) is 0. The Morgan fingerprint density at radius 1 is 1.29 bits per heavy atom. The molecule has 1 rings (SSSR count). The maximum Gasteiger partial charge on any atom is 0.393 e. The molecule has 0 aromatic rings. The zero-order valence-corrected chi connectivity index (χ0v) is 10.3. The van der Waals surface area contributed by atoms with Crippen molar-refractivity contribution in [3.63, 3.8) is 0 Å². The highest BCUT2D eigenvalue weighted by atomic mass is 19.4. The molecule has 17 heavy (non-hydrogen) atoms. The molecule has 2 N–H and O–H groups in total. The molecule has 5 heteroatoms. The van der Waals surface area contributed by atoms with Gasteiger partial charge < -0.3 is 10.4 Å². The Morgan fingerprint density at radius 3 is 2.53 bits per heavy atom. The number of nitrogens with one attached hydrogen (secondary N) is 1. The molecule has 1 saturated carbocycles. The van der Waals surface area contributed by atoms with Crippen LogP contribution in [0.5, 0.6) is 0 Å². The van der Waals surface area contributed by atoms with Gasteiger partial charge >= 0.3 is 6.18 Å². The molecular weight excluding hydrogens is 231 g/mol. The molecule has 102 valence electrons. The first-order valence-corrected chi connectivity index (χ1v) is 6.43. The lowest BCUT2D eigenvalue weighted by molar-refractivity contribution is -0.188. The molecule has 0 amide bonds. The predicted octanol–water partition coefficient (Wildman–Crippen LogP) is 2.86. The smallest absolute Gasteiger partial charge is 0.393 e. The van der Waals surface area contributed by atoms with E-state index in [0.717, 1.165) is 6.42 Å². The van der Waals surface area contributed by atoms with E-state index in [2.05, 4.69) is 5.32 Å². The maximum absolute atomic E-state index is 12.8. The minimum Gasteiger partial charge on any atom is -0.393 e. The number of hydrogen-bond acceptors (Lipinski definition) is 2. The van der Waals surface area contributed by atoms with E-state index in [-0.39, 0.29) is 6.42 Å². The highest BCUT2D eigenvalue weighted by Crippen LogP contribution is 2.37. The van der Waals surface area contributed by atoms with Gasteiger partial charge in [-0.15, -0.1) is 0 Å². The van der Waals surface area contributed by atoms with E-state index in [9.17, 15) is 18.3 Å². The number of aliphatic hydroxyl groups excluding tert-OH is 1. The molecule has 0 heterocycles. The van der Waals surface area contributed by atoms with E-state index in [0.29, 0.717) is 32.2 Å². The number of alkyl halides is 3. The molecule has 1 aliphatic carbocycles. The van der Waals surface area contributed by atoms with E-state index in [4.69, 9.17) is 0 Å². The van der Waals surface area contributed by atoms with Crippen molar-refractivity contribution in [3.8, 4) is 0 Å². The monoisotopic (exact) mass is 253 g/mol. The van der Waals surface area contributed by atoms with Gasteiger partial charge in [0.2, 0.25) is 0 Å². The second kappa shape index (κ2) is 6.59. The minimum absolute atomic E-state index is 0.234. The summed E-state index contributed by atoms with van der Waals surface area (Å²) in [7, 11) is 0. The quantitative estimate of drug-likeness (QED) is 0.789. The van der Waals surface area contributed by atoms with Crippen molar-refractivity contribution in [3.05, 3.63) is 0 Å². The number of hydrogen-bond donors (Lipinski definition) is 2. The van der Waals surface area contributed by atoms with Crippen LogP contribution in [0.1, 0.15) is 45.4 Å². The van der Waals surface area contributed by atoms with Crippen LogP contribution in [-0.2, 0) is 0 Å². The zero-order chi connectivity index (χ0) is 12.9. The lowest BCUT2D eigenvalue weighted by Gasteiger charge is -2.33. The number of halogens is 3. The summed E-state index contributed by atoms with van der Waals surface area (Å²) in [6.45, 7) is 2.33. The van der Waals surface area contributed by atoms with E-state index in [1.165, 1.54) is 0 Å². The average molecular weight is 253 g/mol. The molecule has 0 spiro atoms. The lowest BCUT2D eigenvalue weighted by atomic mass is 9.84. The third-order valence-electron chi connectivity index (χ3n) is 3.54.